The average Bonchev–Trinajstić information content (AvgIpc) is 2.30. The molecule has 3 unspecified atom stereocenters. The van der Waals surface area contributed by atoms with Crippen molar-refractivity contribution in [3.05, 3.63) is 0 Å². The molecule has 0 aliphatic heterocycles. The second kappa shape index (κ2) is 10.1. The summed E-state index contributed by atoms with van der Waals surface area (Å²) < 4.78 is 5.36. The van der Waals surface area contributed by atoms with Gasteiger partial charge in [-0.2, -0.15) is 0 Å². The lowest BCUT2D eigenvalue weighted by Crippen LogP contribution is -2.39. The normalized spacial score (nSPS) is 17.1. The predicted octanol–water partition coefficient (Wildman–Crippen LogP) is 2.19. The lowest BCUT2D eigenvalue weighted by Gasteiger charge is -2.21. The van der Waals surface area contributed by atoms with Crippen LogP contribution in [0.5, 0.6) is 0 Å². The van der Waals surface area contributed by atoms with Gasteiger partial charge in [0.05, 0.1) is 12.7 Å². The van der Waals surface area contributed by atoms with Crippen LogP contribution in [0.3, 0.4) is 0 Å². The average molecular weight is 231 g/mol. The summed E-state index contributed by atoms with van der Waals surface area (Å²) in [4.78, 5) is 0. The fourth-order valence-corrected chi connectivity index (χ4v) is 1.40. The molecular formula is C13H29NO2. The number of hydrogen-bond donors (Lipinski definition) is 2. The Balaban J connectivity index is 3.45. The molecule has 0 radical (unpaired) electrons. The summed E-state index contributed by atoms with van der Waals surface area (Å²) in [7, 11) is 0. The molecule has 0 aromatic heterocycles. The van der Waals surface area contributed by atoms with E-state index in [0.29, 0.717) is 25.1 Å². The predicted molar refractivity (Wildman–Crippen MR) is 68.7 cm³/mol. The first-order chi connectivity index (χ1) is 7.61. The number of nitrogens with one attached hydrogen (secondary N) is 1. The second-order valence-corrected chi connectivity index (χ2v) is 4.66. The summed E-state index contributed by atoms with van der Waals surface area (Å²) in [6, 6.07) is 0.454. The molecule has 98 valence electrons. The topological polar surface area (TPSA) is 41.5 Å². The summed E-state index contributed by atoms with van der Waals surface area (Å²) in [5.41, 5.74) is 0. The van der Waals surface area contributed by atoms with Gasteiger partial charge >= 0.3 is 0 Å². The minimum Gasteiger partial charge on any atom is -0.389 e. The molecule has 0 saturated carbocycles. The highest BCUT2D eigenvalue weighted by Gasteiger charge is 2.11. The quantitative estimate of drug-likeness (QED) is 0.566. The van der Waals surface area contributed by atoms with Gasteiger partial charge in [-0.05, 0) is 19.3 Å². The van der Waals surface area contributed by atoms with Gasteiger partial charge in [-0.15, -0.1) is 0 Å². The van der Waals surface area contributed by atoms with E-state index in [-0.39, 0.29) is 6.10 Å². The number of rotatable bonds is 10. The van der Waals surface area contributed by atoms with Crippen molar-refractivity contribution in [3.63, 3.8) is 0 Å². The van der Waals surface area contributed by atoms with Gasteiger partial charge in [0, 0.05) is 19.2 Å². The van der Waals surface area contributed by atoms with E-state index in [0.717, 1.165) is 25.9 Å². The summed E-state index contributed by atoms with van der Waals surface area (Å²) in [6.07, 6.45) is 2.99. The summed E-state index contributed by atoms with van der Waals surface area (Å²) >= 11 is 0. The number of aliphatic hydroxyl groups excluding tert-OH is 1. The lowest BCUT2D eigenvalue weighted by molar-refractivity contribution is 0.0340. The van der Waals surface area contributed by atoms with E-state index >= 15 is 0 Å². The maximum absolute atomic E-state index is 9.66. The maximum Gasteiger partial charge on any atom is 0.0897 e. The SMILES string of the molecule is CCCCOCC(O)CNC(C)C(C)CC. The molecule has 0 heterocycles. The third kappa shape index (κ3) is 8.08. The van der Waals surface area contributed by atoms with E-state index in [2.05, 4.69) is 33.0 Å². The van der Waals surface area contributed by atoms with Crippen LogP contribution in [0.1, 0.15) is 47.0 Å². The van der Waals surface area contributed by atoms with Crippen LogP contribution in [0.15, 0.2) is 0 Å². The second-order valence-electron chi connectivity index (χ2n) is 4.66. The van der Waals surface area contributed by atoms with Crippen LogP contribution in [-0.2, 0) is 4.74 Å². The number of unbranched alkanes of at least 4 members (excludes halogenated alkanes) is 1. The van der Waals surface area contributed by atoms with Crippen molar-refractivity contribution in [2.75, 3.05) is 19.8 Å². The van der Waals surface area contributed by atoms with Gasteiger partial charge < -0.3 is 15.2 Å². The van der Waals surface area contributed by atoms with E-state index in [1.54, 1.807) is 0 Å². The molecule has 0 fully saturated rings. The largest absolute Gasteiger partial charge is 0.389 e. The Labute approximate surface area is 101 Å². The van der Waals surface area contributed by atoms with Crippen LogP contribution in [0.4, 0.5) is 0 Å². The van der Waals surface area contributed by atoms with Crippen LogP contribution in [-0.4, -0.2) is 37.0 Å². The smallest absolute Gasteiger partial charge is 0.0897 e. The van der Waals surface area contributed by atoms with Gasteiger partial charge in [0.25, 0.3) is 0 Å². The van der Waals surface area contributed by atoms with Crippen molar-refractivity contribution in [2.45, 2.75) is 59.1 Å². The maximum atomic E-state index is 9.66. The van der Waals surface area contributed by atoms with Crippen molar-refractivity contribution in [2.24, 2.45) is 5.92 Å². The Morgan fingerprint density at radius 1 is 1.25 bits per heavy atom. The minimum atomic E-state index is -0.386. The molecule has 0 spiro atoms. The highest BCUT2D eigenvalue weighted by atomic mass is 16.5. The van der Waals surface area contributed by atoms with Crippen molar-refractivity contribution >= 4 is 0 Å². The van der Waals surface area contributed by atoms with Crippen LogP contribution in [0.25, 0.3) is 0 Å². The van der Waals surface area contributed by atoms with Crippen LogP contribution < -0.4 is 5.32 Å². The third-order valence-electron chi connectivity index (χ3n) is 3.13. The van der Waals surface area contributed by atoms with Crippen LogP contribution in [0.2, 0.25) is 0 Å². The van der Waals surface area contributed by atoms with Gasteiger partial charge in [0.15, 0.2) is 0 Å². The molecule has 3 nitrogen and oxygen atoms in total. The first-order valence-corrected chi connectivity index (χ1v) is 6.60. The summed E-state index contributed by atoms with van der Waals surface area (Å²) in [5.74, 6) is 0.646. The van der Waals surface area contributed by atoms with E-state index < -0.39 is 0 Å². The lowest BCUT2D eigenvalue weighted by atomic mass is 10.0. The molecule has 0 aliphatic rings. The Morgan fingerprint density at radius 2 is 1.94 bits per heavy atom. The zero-order valence-corrected chi connectivity index (χ0v) is 11.3. The monoisotopic (exact) mass is 231 g/mol. The van der Waals surface area contributed by atoms with Gasteiger partial charge in [-0.3, -0.25) is 0 Å². The number of ether oxygens (including phenoxy) is 1. The Kier molecular flexibility index (Phi) is 9.99. The highest BCUT2D eigenvalue weighted by molar-refractivity contribution is 4.69. The zero-order valence-electron chi connectivity index (χ0n) is 11.3. The summed E-state index contributed by atoms with van der Waals surface area (Å²) in [5, 5.41) is 13.0. The van der Waals surface area contributed by atoms with Crippen LogP contribution in [0, 0.1) is 5.92 Å². The molecule has 0 aliphatic carbocycles. The molecule has 3 atom stereocenters. The molecule has 0 aromatic carbocycles. The Bertz CT molecular complexity index is 153. The minimum absolute atomic E-state index is 0.386. The van der Waals surface area contributed by atoms with Crippen molar-refractivity contribution in [1.29, 1.82) is 0 Å². The highest BCUT2D eigenvalue weighted by Crippen LogP contribution is 2.06. The first kappa shape index (κ1) is 15.9. The van der Waals surface area contributed by atoms with Gasteiger partial charge in [0.2, 0.25) is 0 Å². The van der Waals surface area contributed by atoms with Crippen molar-refractivity contribution in [3.8, 4) is 0 Å². The molecule has 2 N–H and O–H groups in total. The standard InChI is InChI=1S/C13H29NO2/c1-5-7-8-16-10-13(15)9-14-12(4)11(3)6-2/h11-15H,5-10H2,1-4H3. The van der Waals surface area contributed by atoms with Gasteiger partial charge in [0.1, 0.15) is 0 Å². The summed E-state index contributed by atoms with van der Waals surface area (Å²) in [6.45, 7) is 10.5. The molecule has 0 bridgehead atoms. The molecule has 0 saturated heterocycles. The van der Waals surface area contributed by atoms with Crippen LogP contribution >= 0.6 is 0 Å². The van der Waals surface area contributed by atoms with E-state index in [9.17, 15) is 5.11 Å². The van der Waals surface area contributed by atoms with E-state index in [1.807, 2.05) is 0 Å². The third-order valence-corrected chi connectivity index (χ3v) is 3.13. The van der Waals surface area contributed by atoms with Crippen molar-refractivity contribution < 1.29 is 9.84 Å². The fourth-order valence-electron chi connectivity index (χ4n) is 1.40. The first-order valence-electron chi connectivity index (χ1n) is 6.60. The van der Waals surface area contributed by atoms with E-state index in [1.165, 1.54) is 0 Å². The zero-order chi connectivity index (χ0) is 12.4. The number of aliphatic hydroxyl groups is 1. The Morgan fingerprint density at radius 3 is 2.50 bits per heavy atom. The number of hydrogen-bond acceptors (Lipinski definition) is 3. The molecule has 3 heteroatoms. The molecule has 0 aromatic rings. The van der Waals surface area contributed by atoms with Gasteiger partial charge in [-0.1, -0.05) is 33.6 Å². The molecule has 16 heavy (non-hydrogen) atoms. The Hall–Kier alpha value is -0.120. The fraction of sp³-hybridized carbons (Fsp3) is 1.00. The molecular weight excluding hydrogens is 202 g/mol. The van der Waals surface area contributed by atoms with Gasteiger partial charge in [-0.25, -0.2) is 0 Å². The molecule has 0 rings (SSSR count). The molecule has 0 amide bonds. The van der Waals surface area contributed by atoms with E-state index in [4.69, 9.17) is 4.74 Å². The van der Waals surface area contributed by atoms with Crippen molar-refractivity contribution in [1.82, 2.24) is 5.32 Å².